The van der Waals surface area contributed by atoms with Gasteiger partial charge in [-0.25, -0.2) is 18.1 Å². The highest BCUT2D eigenvalue weighted by molar-refractivity contribution is 7.88. The molecule has 3 rings (SSSR count). The zero-order valence-corrected chi connectivity index (χ0v) is 13.8. The summed E-state index contributed by atoms with van der Waals surface area (Å²) in [4.78, 5) is 8.48. The van der Waals surface area contributed by atoms with Gasteiger partial charge in [-0.15, -0.1) is 0 Å². The zero-order valence-electron chi connectivity index (χ0n) is 13.0. The molecule has 23 heavy (non-hydrogen) atoms. The normalized spacial score (nSPS) is 13.3. The molecule has 0 saturated carbocycles. The van der Waals surface area contributed by atoms with Crippen molar-refractivity contribution in [3.63, 3.8) is 0 Å². The highest BCUT2D eigenvalue weighted by atomic mass is 32.2. The summed E-state index contributed by atoms with van der Waals surface area (Å²) in [6, 6.07) is 8.92. The summed E-state index contributed by atoms with van der Waals surface area (Å²) in [6.07, 6.45) is 5.11. The van der Waals surface area contributed by atoms with Gasteiger partial charge in [-0.05, 0) is 18.6 Å². The van der Waals surface area contributed by atoms with E-state index in [-0.39, 0.29) is 11.8 Å². The van der Waals surface area contributed by atoms with Gasteiger partial charge in [0.25, 0.3) is 0 Å². The Bertz CT molecular complexity index is 929. The molecule has 0 aliphatic rings. The van der Waals surface area contributed by atoms with E-state index < -0.39 is 10.0 Å². The van der Waals surface area contributed by atoms with Crippen molar-refractivity contribution in [2.75, 3.05) is 0 Å². The van der Waals surface area contributed by atoms with E-state index in [0.29, 0.717) is 16.8 Å². The molecule has 0 radical (unpaired) electrons. The number of benzene rings is 1. The van der Waals surface area contributed by atoms with Crippen molar-refractivity contribution in [3.05, 3.63) is 60.3 Å². The third-order valence-corrected chi connectivity index (χ3v) is 4.99. The van der Waals surface area contributed by atoms with Crippen LogP contribution in [0.1, 0.15) is 24.2 Å². The van der Waals surface area contributed by atoms with E-state index in [1.165, 1.54) is 0 Å². The molecule has 0 aliphatic carbocycles. The van der Waals surface area contributed by atoms with Crippen molar-refractivity contribution in [1.82, 2.24) is 19.3 Å². The Labute approximate surface area is 135 Å². The van der Waals surface area contributed by atoms with Crippen LogP contribution in [0.4, 0.5) is 0 Å². The average Bonchev–Trinajstić information content (AvgIpc) is 2.94. The predicted molar refractivity (Wildman–Crippen MR) is 89.1 cm³/mol. The molecule has 2 heterocycles. The Hall–Kier alpha value is -2.25. The minimum atomic E-state index is -3.50. The molecule has 0 amide bonds. The van der Waals surface area contributed by atoms with E-state index in [1.807, 2.05) is 31.3 Å². The van der Waals surface area contributed by atoms with Gasteiger partial charge in [0, 0.05) is 24.8 Å². The molecule has 1 aromatic carbocycles. The summed E-state index contributed by atoms with van der Waals surface area (Å²) in [5.41, 5.74) is 2.09. The van der Waals surface area contributed by atoms with Crippen LogP contribution in [0.15, 0.2) is 49.1 Å². The summed E-state index contributed by atoms with van der Waals surface area (Å²) >= 11 is 0. The van der Waals surface area contributed by atoms with Gasteiger partial charge in [-0.1, -0.05) is 24.3 Å². The Morgan fingerprint density at radius 3 is 2.74 bits per heavy atom. The molecule has 0 fully saturated rings. The molecule has 0 saturated heterocycles. The van der Waals surface area contributed by atoms with Crippen molar-refractivity contribution in [3.8, 4) is 0 Å². The van der Waals surface area contributed by atoms with Gasteiger partial charge < -0.3 is 4.57 Å². The molecule has 0 bridgehead atoms. The lowest BCUT2D eigenvalue weighted by molar-refractivity contribution is 0.563. The molecule has 0 aliphatic heterocycles. The molecule has 7 heteroatoms. The van der Waals surface area contributed by atoms with Gasteiger partial charge in [0.2, 0.25) is 10.0 Å². The van der Waals surface area contributed by atoms with Crippen molar-refractivity contribution >= 4 is 20.9 Å². The van der Waals surface area contributed by atoms with Crippen molar-refractivity contribution in [2.24, 2.45) is 7.05 Å². The standard InChI is InChI=1S/C16H18N4O2S/c1-12(15-9-20(2)11-18-15)19-23(21,22)10-14-6-3-5-13-7-4-8-17-16(13)14/h3-9,11-12,19H,10H2,1-2H3. The quantitative estimate of drug-likeness (QED) is 0.777. The number of para-hydroxylation sites is 1. The Morgan fingerprint density at radius 1 is 1.22 bits per heavy atom. The first-order chi connectivity index (χ1) is 10.9. The molecule has 1 unspecified atom stereocenters. The average molecular weight is 330 g/mol. The Morgan fingerprint density at radius 2 is 2.00 bits per heavy atom. The van der Waals surface area contributed by atoms with Gasteiger partial charge in [-0.2, -0.15) is 0 Å². The van der Waals surface area contributed by atoms with Gasteiger partial charge in [-0.3, -0.25) is 4.98 Å². The number of pyridine rings is 1. The maximum absolute atomic E-state index is 12.5. The Balaban J connectivity index is 1.83. The van der Waals surface area contributed by atoms with Gasteiger partial charge in [0.1, 0.15) is 0 Å². The summed E-state index contributed by atoms with van der Waals surface area (Å²) in [5.74, 6) is -0.113. The van der Waals surface area contributed by atoms with E-state index >= 15 is 0 Å². The summed E-state index contributed by atoms with van der Waals surface area (Å²) in [7, 11) is -1.66. The van der Waals surface area contributed by atoms with E-state index in [2.05, 4.69) is 14.7 Å². The summed E-state index contributed by atoms with van der Waals surface area (Å²) in [6.45, 7) is 1.78. The maximum Gasteiger partial charge on any atom is 0.216 e. The smallest absolute Gasteiger partial charge is 0.216 e. The second kappa shape index (κ2) is 6.10. The number of fused-ring (bicyclic) bond motifs is 1. The molecule has 3 aromatic rings. The van der Waals surface area contributed by atoms with E-state index in [4.69, 9.17) is 0 Å². The third kappa shape index (κ3) is 3.57. The number of rotatable bonds is 5. The fourth-order valence-corrected chi connectivity index (χ4v) is 3.90. The fourth-order valence-electron chi connectivity index (χ4n) is 2.52. The lowest BCUT2D eigenvalue weighted by Gasteiger charge is -2.13. The minimum absolute atomic E-state index is 0.113. The second-order valence-corrected chi connectivity index (χ2v) is 7.31. The Kier molecular flexibility index (Phi) is 4.14. The van der Waals surface area contributed by atoms with Crippen LogP contribution in [-0.4, -0.2) is 23.0 Å². The number of aromatic nitrogens is 3. The number of hydrogen-bond donors (Lipinski definition) is 1. The van der Waals surface area contributed by atoms with Crippen LogP contribution >= 0.6 is 0 Å². The monoisotopic (exact) mass is 330 g/mol. The number of imidazole rings is 1. The largest absolute Gasteiger partial charge is 0.340 e. The predicted octanol–water partition coefficient (Wildman–Crippen LogP) is 2.15. The van der Waals surface area contributed by atoms with Crippen LogP contribution in [0.2, 0.25) is 0 Å². The SMILES string of the molecule is CC(NS(=O)(=O)Cc1cccc2cccnc12)c1cn(C)cn1. The van der Waals surface area contributed by atoms with E-state index in [9.17, 15) is 8.42 Å². The second-order valence-electron chi connectivity index (χ2n) is 5.55. The van der Waals surface area contributed by atoms with Crippen LogP contribution in [0.25, 0.3) is 10.9 Å². The molecule has 1 N–H and O–H groups in total. The van der Waals surface area contributed by atoms with Gasteiger partial charge >= 0.3 is 0 Å². The van der Waals surface area contributed by atoms with Crippen LogP contribution in [0.5, 0.6) is 0 Å². The number of sulfonamides is 1. The minimum Gasteiger partial charge on any atom is -0.340 e. The molecule has 120 valence electrons. The van der Waals surface area contributed by atoms with Crippen LogP contribution < -0.4 is 4.72 Å². The first-order valence-corrected chi connectivity index (χ1v) is 8.90. The van der Waals surface area contributed by atoms with E-state index in [0.717, 1.165) is 5.39 Å². The first kappa shape index (κ1) is 15.6. The van der Waals surface area contributed by atoms with E-state index in [1.54, 1.807) is 36.3 Å². The van der Waals surface area contributed by atoms with Gasteiger partial charge in [0.05, 0.1) is 29.3 Å². The lowest BCUT2D eigenvalue weighted by atomic mass is 10.1. The highest BCUT2D eigenvalue weighted by Crippen LogP contribution is 2.19. The van der Waals surface area contributed by atoms with Crippen molar-refractivity contribution in [1.29, 1.82) is 0 Å². The molecular weight excluding hydrogens is 312 g/mol. The lowest BCUT2D eigenvalue weighted by Crippen LogP contribution is -2.28. The van der Waals surface area contributed by atoms with Crippen LogP contribution in [0, 0.1) is 0 Å². The summed E-state index contributed by atoms with van der Waals surface area (Å²) < 4.78 is 29.4. The number of nitrogens with one attached hydrogen (secondary N) is 1. The zero-order chi connectivity index (χ0) is 16.4. The van der Waals surface area contributed by atoms with Crippen LogP contribution in [-0.2, 0) is 22.8 Å². The van der Waals surface area contributed by atoms with Crippen LogP contribution in [0.3, 0.4) is 0 Å². The third-order valence-electron chi connectivity index (χ3n) is 3.59. The highest BCUT2D eigenvalue weighted by Gasteiger charge is 2.19. The van der Waals surface area contributed by atoms with Crippen molar-refractivity contribution < 1.29 is 8.42 Å². The molecule has 6 nitrogen and oxygen atoms in total. The number of nitrogens with zero attached hydrogens (tertiary/aromatic N) is 3. The fraction of sp³-hybridized carbons (Fsp3) is 0.250. The molecule has 2 aromatic heterocycles. The molecular formula is C16H18N4O2S. The molecule has 1 atom stereocenters. The van der Waals surface area contributed by atoms with Gasteiger partial charge in [0.15, 0.2) is 0 Å². The van der Waals surface area contributed by atoms with Crippen molar-refractivity contribution in [2.45, 2.75) is 18.7 Å². The summed E-state index contributed by atoms with van der Waals surface area (Å²) in [5, 5.41) is 0.929. The maximum atomic E-state index is 12.5. The number of aryl methyl sites for hydroxylation is 1. The number of hydrogen-bond acceptors (Lipinski definition) is 4. The first-order valence-electron chi connectivity index (χ1n) is 7.25. The molecule has 0 spiro atoms. The topological polar surface area (TPSA) is 76.9 Å².